The number of carbonyl (C=O) groups excluding carboxylic acids is 1. The Morgan fingerprint density at radius 3 is 2.16 bits per heavy atom. The standard InChI is InChI=1S/C23H22Cl2N4O3/c1-31-19-4-3-5-20(32-2)22(19)23(30)29-12-10-28(11-13-29)21-9-8-18(26-27-21)16-7-6-15(24)14-17(16)25/h3-9,14H,10-13H2,1-2H3. The maximum atomic E-state index is 13.2. The summed E-state index contributed by atoms with van der Waals surface area (Å²) >= 11 is 12.2. The number of nitrogens with zero attached hydrogens (tertiary/aromatic N) is 4. The molecule has 9 heteroatoms. The molecule has 0 atom stereocenters. The van der Waals surface area contributed by atoms with Gasteiger partial charge < -0.3 is 19.3 Å². The summed E-state index contributed by atoms with van der Waals surface area (Å²) in [6.45, 7) is 2.37. The molecule has 2 heterocycles. The molecule has 0 aliphatic carbocycles. The van der Waals surface area contributed by atoms with Gasteiger partial charge in [-0.05, 0) is 42.5 Å². The zero-order valence-corrected chi connectivity index (χ0v) is 19.2. The molecule has 0 unspecified atom stereocenters. The van der Waals surface area contributed by atoms with Gasteiger partial charge in [0.2, 0.25) is 0 Å². The van der Waals surface area contributed by atoms with E-state index in [0.717, 1.165) is 11.4 Å². The smallest absolute Gasteiger partial charge is 0.261 e. The lowest BCUT2D eigenvalue weighted by molar-refractivity contribution is 0.0739. The lowest BCUT2D eigenvalue weighted by Crippen LogP contribution is -2.49. The van der Waals surface area contributed by atoms with E-state index in [1.165, 1.54) is 0 Å². The van der Waals surface area contributed by atoms with E-state index >= 15 is 0 Å². The van der Waals surface area contributed by atoms with E-state index in [9.17, 15) is 4.79 Å². The van der Waals surface area contributed by atoms with Crippen molar-refractivity contribution in [2.75, 3.05) is 45.3 Å². The molecule has 7 nitrogen and oxygen atoms in total. The van der Waals surface area contributed by atoms with Crippen LogP contribution in [0.3, 0.4) is 0 Å². The van der Waals surface area contributed by atoms with Gasteiger partial charge in [0, 0.05) is 36.8 Å². The molecule has 0 saturated carbocycles. The molecular formula is C23H22Cl2N4O3. The van der Waals surface area contributed by atoms with Crippen LogP contribution in [0.5, 0.6) is 11.5 Å². The molecule has 2 aromatic carbocycles. The Morgan fingerprint density at radius 1 is 0.906 bits per heavy atom. The predicted octanol–water partition coefficient (Wildman–Crippen LogP) is 4.43. The summed E-state index contributed by atoms with van der Waals surface area (Å²) in [5, 5.41) is 9.79. The molecule has 0 spiro atoms. The monoisotopic (exact) mass is 472 g/mol. The molecule has 3 aromatic rings. The van der Waals surface area contributed by atoms with Crippen molar-refractivity contribution >= 4 is 34.9 Å². The maximum Gasteiger partial charge on any atom is 0.261 e. The zero-order chi connectivity index (χ0) is 22.7. The molecule has 0 bridgehead atoms. The third-order valence-corrected chi connectivity index (χ3v) is 5.94. The van der Waals surface area contributed by atoms with Crippen LogP contribution in [0.25, 0.3) is 11.3 Å². The van der Waals surface area contributed by atoms with E-state index in [1.807, 2.05) is 18.2 Å². The number of carbonyl (C=O) groups is 1. The van der Waals surface area contributed by atoms with Crippen LogP contribution in [-0.4, -0.2) is 61.4 Å². The molecular weight excluding hydrogens is 451 g/mol. The first-order valence-electron chi connectivity index (χ1n) is 10.1. The summed E-state index contributed by atoms with van der Waals surface area (Å²) in [5.74, 6) is 1.64. The number of ether oxygens (including phenoxy) is 2. The van der Waals surface area contributed by atoms with Crippen LogP contribution in [0.2, 0.25) is 10.0 Å². The summed E-state index contributed by atoms with van der Waals surface area (Å²) in [5.41, 5.74) is 1.89. The van der Waals surface area contributed by atoms with E-state index in [2.05, 4.69) is 15.1 Å². The minimum absolute atomic E-state index is 0.113. The van der Waals surface area contributed by atoms with Crippen LogP contribution in [0, 0.1) is 0 Å². The Bertz CT molecular complexity index is 1090. The average Bonchev–Trinajstić information content (AvgIpc) is 2.83. The Labute approximate surface area is 196 Å². The van der Waals surface area contributed by atoms with Crippen molar-refractivity contribution < 1.29 is 14.3 Å². The third-order valence-electron chi connectivity index (χ3n) is 5.39. The number of amides is 1. The second-order valence-electron chi connectivity index (χ2n) is 7.22. The lowest BCUT2D eigenvalue weighted by Gasteiger charge is -2.35. The third kappa shape index (κ3) is 4.45. The van der Waals surface area contributed by atoms with Gasteiger partial charge in [0.1, 0.15) is 17.1 Å². The van der Waals surface area contributed by atoms with Gasteiger partial charge in [0.05, 0.1) is 24.9 Å². The number of hydrogen-bond donors (Lipinski definition) is 0. The first kappa shape index (κ1) is 22.2. The molecule has 1 aromatic heterocycles. The average molecular weight is 473 g/mol. The van der Waals surface area contributed by atoms with E-state index in [4.69, 9.17) is 32.7 Å². The molecule has 4 rings (SSSR count). The summed E-state index contributed by atoms with van der Waals surface area (Å²) in [6.07, 6.45) is 0. The van der Waals surface area contributed by atoms with E-state index in [1.54, 1.807) is 49.5 Å². The first-order valence-corrected chi connectivity index (χ1v) is 10.8. The Morgan fingerprint density at radius 2 is 1.59 bits per heavy atom. The van der Waals surface area contributed by atoms with Gasteiger partial charge in [0.25, 0.3) is 5.91 Å². The molecule has 1 aliphatic rings. The normalized spacial score (nSPS) is 13.8. The molecule has 32 heavy (non-hydrogen) atoms. The highest BCUT2D eigenvalue weighted by atomic mass is 35.5. The van der Waals surface area contributed by atoms with Crippen LogP contribution < -0.4 is 14.4 Å². The minimum Gasteiger partial charge on any atom is -0.496 e. The number of benzene rings is 2. The highest BCUT2D eigenvalue weighted by molar-refractivity contribution is 6.36. The number of hydrogen-bond acceptors (Lipinski definition) is 6. The van der Waals surface area contributed by atoms with Crippen molar-refractivity contribution in [3.8, 4) is 22.8 Å². The van der Waals surface area contributed by atoms with Crippen LogP contribution >= 0.6 is 23.2 Å². The number of aromatic nitrogens is 2. The molecule has 0 radical (unpaired) electrons. The van der Waals surface area contributed by atoms with Crippen LogP contribution in [0.1, 0.15) is 10.4 Å². The van der Waals surface area contributed by atoms with Gasteiger partial charge in [-0.3, -0.25) is 4.79 Å². The number of anilines is 1. The summed E-state index contributed by atoms with van der Waals surface area (Å²) < 4.78 is 10.8. The van der Waals surface area contributed by atoms with Crippen LogP contribution in [0.15, 0.2) is 48.5 Å². The topological polar surface area (TPSA) is 67.8 Å². The SMILES string of the molecule is COc1cccc(OC)c1C(=O)N1CCN(c2ccc(-c3ccc(Cl)cc3Cl)nn2)CC1. The predicted molar refractivity (Wildman–Crippen MR) is 125 cm³/mol. The highest BCUT2D eigenvalue weighted by Gasteiger charge is 2.27. The van der Waals surface area contributed by atoms with Gasteiger partial charge in [-0.1, -0.05) is 29.3 Å². The molecule has 166 valence electrons. The second kappa shape index (κ2) is 9.63. The lowest BCUT2D eigenvalue weighted by atomic mass is 10.1. The van der Waals surface area contributed by atoms with Gasteiger partial charge >= 0.3 is 0 Å². The minimum atomic E-state index is -0.113. The fourth-order valence-electron chi connectivity index (χ4n) is 3.69. The largest absolute Gasteiger partial charge is 0.496 e. The highest BCUT2D eigenvalue weighted by Crippen LogP contribution is 2.31. The van der Waals surface area contributed by atoms with Crippen molar-refractivity contribution in [3.63, 3.8) is 0 Å². The Balaban J connectivity index is 1.45. The molecule has 1 fully saturated rings. The first-order chi connectivity index (χ1) is 15.5. The van der Waals surface area contributed by atoms with E-state index < -0.39 is 0 Å². The van der Waals surface area contributed by atoms with Crippen molar-refractivity contribution in [2.24, 2.45) is 0 Å². The maximum absolute atomic E-state index is 13.2. The number of rotatable bonds is 5. The van der Waals surface area contributed by atoms with Gasteiger partial charge in [-0.15, -0.1) is 10.2 Å². The van der Waals surface area contributed by atoms with Crippen molar-refractivity contribution in [3.05, 3.63) is 64.1 Å². The zero-order valence-electron chi connectivity index (χ0n) is 17.7. The van der Waals surface area contributed by atoms with Gasteiger partial charge in [-0.25, -0.2) is 0 Å². The summed E-state index contributed by atoms with van der Waals surface area (Å²) in [7, 11) is 3.09. The van der Waals surface area contributed by atoms with Crippen molar-refractivity contribution in [1.82, 2.24) is 15.1 Å². The second-order valence-corrected chi connectivity index (χ2v) is 8.06. The fourth-order valence-corrected chi connectivity index (χ4v) is 4.20. The number of halogens is 2. The molecule has 1 aliphatic heterocycles. The molecule has 0 N–H and O–H groups in total. The van der Waals surface area contributed by atoms with Crippen LogP contribution in [0.4, 0.5) is 5.82 Å². The Kier molecular flexibility index (Phi) is 6.67. The molecule has 1 saturated heterocycles. The van der Waals surface area contributed by atoms with Crippen molar-refractivity contribution in [1.29, 1.82) is 0 Å². The number of piperazine rings is 1. The molecule has 1 amide bonds. The Hall–Kier alpha value is -3.03. The van der Waals surface area contributed by atoms with Gasteiger partial charge in [-0.2, -0.15) is 0 Å². The van der Waals surface area contributed by atoms with Crippen molar-refractivity contribution in [2.45, 2.75) is 0 Å². The van der Waals surface area contributed by atoms with Crippen LogP contribution in [-0.2, 0) is 0 Å². The summed E-state index contributed by atoms with van der Waals surface area (Å²) in [6, 6.07) is 14.4. The van der Waals surface area contributed by atoms with E-state index in [0.29, 0.717) is 59.0 Å². The summed E-state index contributed by atoms with van der Waals surface area (Å²) in [4.78, 5) is 17.1. The van der Waals surface area contributed by atoms with Gasteiger partial charge in [0.15, 0.2) is 5.82 Å². The quantitative estimate of drug-likeness (QED) is 0.546. The number of methoxy groups -OCH3 is 2. The van der Waals surface area contributed by atoms with E-state index in [-0.39, 0.29) is 5.91 Å². The fraction of sp³-hybridized carbons (Fsp3) is 0.261.